The third-order valence-corrected chi connectivity index (χ3v) is 3.99. The Balaban J connectivity index is 2.16. The summed E-state index contributed by atoms with van der Waals surface area (Å²) in [5.74, 6) is -0.0216. The topological polar surface area (TPSA) is 44.7 Å². The van der Waals surface area contributed by atoms with Crippen molar-refractivity contribution in [3.8, 4) is 0 Å². The van der Waals surface area contributed by atoms with E-state index in [0.717, 1.165) is 17.8 Å². The van der Waals surface area contributed by atoms with Gasteiger partial charge in [-0.3, -0.25) is 4.79 Å². The van der Waals surface area contributed by atoms with Gasteiger partial charge < -0.3 is 4.90 Å². The molecule has 1 unspecified atom stereocenters. The zero-order valence-electron chi connectivity index (χ0n) is 15.9. The largest absolute Gasteiger partial charge is 0.309 e. The normalized spacial score (nSPS) is 13.2. The number of hydrogen-bond acceptors (Lipinski definition) is 3. The number of nitrogens with zero attached hydrogens (tertiary/aromatic N) is 2. The number of benzene rings is 2. The van der Waals surface area contributed by atoms with Gasteiger partial charge >= 0.3 is 0 Å². The van der Waals surface area contributed by atoms with Crippen molar-refractivity contribution < 1.29 is 4.79 Å². The summed E-state index contributed by atoms with van der Waals surface area (Å²) in [5.41, 5.74) is 6.45. The Hall–Kier alpha value is -2.72. The predicted molar refractivity (Wildman–Crippen MR) is 109 cm³/mol. The van der Waals surface area contributed by atoms with E-state index in [1.54, 1.807) is 12.1 Å². The summed E-state index contributed by atoms with van der Waals surface area (Å²) < 4.78 is 0. The van der Waals surface area contributed by atoms with Crippen LogP contribution in [0.5, 0.6) is 0 Å². The van der Waals surface area contributed by atoms with Crippen LogP contribution in [0.25, 0.3) is 6.08 Å². The van der Waals surface area contributed by atoms with Gasteiger partial charge in [0.25, 0.3) is 5.91 Å². The Bertz CT molecular complexity index is 762. The van der Waals surface area contributed by atoms with E-state index < -0.39 is 0 Å². The van der Waals surface area contributed by atoms with Crippen LogP contribution < -0.4 is 5.43 Å². The summed E-state index contributed by atoms with van der Waals surface area (Å²) in [5, 5.41) is 4.39. The Morgan fingerprint density at radius 2 is 1.77 bits per heavy atom. The van der Waals surface area contributed by atoms with E-state index in [9.17, 15) is 4.79 Å². The first kappa shape index (κ1) is 19.6. The molecular weight excluding hydrogens is 322 g/mol. The second-order valence-corrected chi connectivity index (χ2v) is 6.75. The van der Waals surface area contributed by atoms with Gasteiger partial charge in [-0.25, -0.2) is 5.43 Å². The molecular formula is C22H27N3O. The van der Waals surface area contributed by atoms with Crippen molar-refractivity contribution >= 4 is 17.7 Å². The fourth-order valence-corrected chi connectivity index (χ4v) is 2.58. The number of hydrazone groups is 1. The Kier molecular flexibility index (Phi) is 7.30. The van der Waals surface area contributed by atoms with Crippen molar-refractivity contribution in [3.05, 3.63) is 77.4 Å². The molecule has 1 N–H and O–H groups in total. The zero-order chi connectivity index (χ0) is 18.9. The van der Waals surface area contributed by atoms with Gasteiger partial charge in [-0.15, -0.1) is 0 Å². The minimum Gasteiger partial charge on any atom is -0.309 e. The molecule has 0 radical (unpaired) electrons. The van der Waals surface area contributed by atoms with E-state index in [0.29, 0.717) is 5.56 Å². The Morgan fingerprint density at radius 3 is 2.38 bits per heavy atom. The van der Waals surface area contributed by atoms with Gasteiger partial charge in [-0.05, 0) is 44.8 Å². The number of nitrogens with one attached hydrogen (secondary N) is 1. The minimum atomic E-state index is -0.205. The monoisotopic (exact) mass is 349 g/mol. The molecule has 0 fully saturated rings. The molecule has 0 aliphatic carbocycles. The van der Waals surface area contributed by atoms with Gasteiger partial charge in [-0.1, -0.05) is 61.0 Å². The molecule has 26 heavy (non-hydrogen) atoms. The van der Waals surface area contributed by atoms with Crippen molar-refractivity contribution in [2.24, 2.45) is 11.0 Å². The lowest BCUT2D eigenvalue weighted by atomic mass is 10.0. The first-order chi connectivity index (χ1) is 12.5. The van der Waals surface area contributed by atoms with E-state index >= 15 is 0 Å². The molecule has 0 bridgehead atoms. The number of carbonyl (C=O) groups excluding carboxylic acids is 1. The van der Waals surface area contributed by atoms with Crippen LogP contribution in [0.15, 0.2) is 65.8 Å². The quantitative estimate of drug-likeness (QED) is 0.607. The van der Waals surface area contributed by atoms with Crippen molar-refractivity contribution in [2.75, 3.05) is 20.6 Å². The van der Waals surface area contributed by atoms with Gasteiger partial charge in [0, 0.05) is 18.0 Å². The summed E-state index contributed by atoms with van der Waals surface area (Å²) in [6, 6.07) is 17.4. The molecule has 0 saturated heterocycles. The molecule has 2 rings (SSSR count). The summed E-state index contributed by atoms with van der Waals surface area (Å²) >= 11 is 0. The van der Waals surface area contributed by atoms with E-state index in [1.807, 2.05) is 44.4 Å². The second kappa shape index (κ2) is 9.68. The van der Waals surface area contributed by atoms with Crippen molar-refractivity contribution in [1.82, 2.24) is 10.3 Å². The van der Waals surface area contributed by atoms with Crippen LogP contribution in [-0.4, -0.2) is 37.2 Å². The standard InChI is InChI=1S/C22H27N3O/c1-17-10-12-19(13-11-17)14-15-21(18(2)16-25(3)4)23-24-22(26)20-8-6-5-7-9-20/h5-15,18H,16H2,1-4H3,(H,24,26)/b15-14+,23-21-. The number of amides is 1. The second-order valence-electron chi connectivity index (χ2n) is 6.75. The molecule has 4 heteroatoms. The maximum Gasteiger partial charge on any atom is 0.271 e. The number of carbonyl (C=O) groups is 1. The van der Waals surface area contributed by atoms with Crippen LogP contribution >= 0.6 is 0 Å². The molecule has 2 aromatic carbocycles. The van der Waals surface area contributed by atoms with Crippen LogP contribution in [0, 0.1) is 12.8 Å². The number of allylic oxidation sites excluding steroid dienone is 1. The maximum absolute atomic E-state index is 12.3. The lowest BCUT2D eigenvalue weighted by Gasteiger charge is -2.17. The summed E-state index contributed by atoms with van der Waals surface area (Å²) in [7, 11) is 4.06. The number of hydrogen-bond donors (Lipinski definition) is 1. The lowest BCUT2D eigenvalue weighted by Crippen LogP contribution is -2.27. The zero-order valence-corrected chi connectivity index (χ0v) is 15.9. The average molecular weight is 349 g/mol. The van der Waals surface area contributed by atoms with Crippen LogP contribution in [-0.2, 0) is 0 Å². The Morgan fingerprint density at radius 1 is 1.12 bits per heavy atom. The number of aryl methyl sites for hydroxylation is 1. The molecule has 0 aliphatic heterocycles. The number of rotatable bonds is 7. The fraction of sp³-hybridized carbons (Fsp3) is 0.273. The highest BCUT2D eigenvalue weighted by Crippen LogP contribution is 2.08. The van der Waals surface area contributed by atoms with Gasteiger partial charge in [0.05, 0.1) is 5.71 Å². The van der Waals surface area contributed by atoms with Crippen molar-refractivity contribution in [1.29, 1.82) is 0 Å². The molecule has 1 amide bonds. The van der Waals surface area contributed by atoms with E-state index in [-0.39, 0.29) is 11.8 Å². The van der Waals surface area contributed by atoms with Crippen LogP contribution in [0.3, 0.4) is 0 Å². The minimum absolute atomic E-state index is 0.183. The molecule has 0 spiro atoms. The molecule has 0 aromatic heterocycles. The third kappa shape index (κ3) is 6.30. The fourth-order valence-electron chi connectivity index (χ4n) is 2.58. The highest BCUT2D eigenvalue weighted by Gasteiger charge is 2.11. The molecule has 0 saturated carbocycles. The predicted octanol–water partition coefficient (Wildman–Crippen LogP) is 3.99. The SMILES string of the molecule is Cc1ccc(/C=C/C(=N/NC(=O)c2ccccc2)C(C)CN(C)C)cc1. The van der Waals surface area contributed by atoms with Crippen LogP contribution in [0.1, 0.15) is 28.4 Å². The average Bonchev–Trinajstić information content (AvgIpc) is 2.63. The first-order valence-electron chi connectivity index (χ1n) is 8.78. The van der Waals surface area contributed by atoms with E-state index in [2.05, 4.69) is 53.5 Å². The smallest absolute Gasteiger partial charge is 0.271 e. The van der Waals surface area contributed by atoms with Crippen molar-refractivity contribution in [3.63, 3.8) is 0 Å². The molecule has 0 heterocycles. The van der Waals surface area contributed by atoms with Gasteiger partial charge in [0.1, 0.15) is 0 Å². The highest BCUT2D eigenvalue weighted by molar-refractivity contribution is 6.01. The van der Waals surface area contributed by atoms with E-state index in [1.165, 1.54) is 5.56 Å². The van der Waals surface area contributed by atoms with Crippen LogP contribution in [0.4, 0.5) is 0 Å². The van der Waals surface area contributed by atoms with Gasteiger partial charge in [0.15, 0.2) is 0 Å². The third-order valence-electron chi connectivity index (χ3n) is 3.99. The van der Waals surface area contributed by atoms with E-state index in [4.69, 9.17) is 0 Å². The molecule has 4 nitrogen and oxygen atoms in total. The first-order valence-corrected chi connectivity index (χ1v) is 8.78. The van der Waals surface area contributed by atoms with Crippen LogP contribution in [0.2, 0.25) is 0 Å². The molecule has 2 aromatic rings. The van der Waals surface area contributed by atoms with Gasteiger partial charge in [0.2, 0.25) is 0 Å². The molecule has 136 valence electrons. The van der Waals surface area contributed by atoms with Gasteiger partial charge in [-0.2, -0.15) is 5.10 Å². The summed E-state index contributed by atoms with van der Waals surface area (Å²) in [6.45, 7) is 5.02. The highest BCUT2D eigenvalue weighted by atomic mass is 16.2. The summed E-state index contributed by atoms with van der Waals surface area (Å²) in [6.07, 6.45) is 4.00. The lowest BCUT2D eigenvalue weighted by molar-refractivity contribution is 0.0954. The van der Waals surface area contributed by atoms with Crippen molar-refractivity contribution in [2.45, 2.75) is 13.8 Å². The molecule has 1 atom stereocenters. The molecule has 0 aliphatic rings. The summed E-state index contributed by atoms with van der Waals surface area (Å²) in [4.78, 5) is 14.4. The maximum atomic E-state index is 12.3. The Labute approximate surface area is 156 Å².